The highest BCUT2D eigenvalue weighted by atomic mass is 32.2. The molecule has 2 rings (SSSR count). The van der Waals surface area contributed by atoms with Gasteiger partial charge in [-0.2, -0.15) is 23.5 Å². The zero-order valence-corrected chi connectivity index (χ0v) is 19.8. The number of carbonyl (C=O) groups is 3. The van der Waals surface area contributed by atoms with Crippen molar-refractivity contribution in [3.63, 3.8) is 0 Å². The van der Waals surface area contributed by atoms with Gasteiger partial charge < -0.3 is 14.7 Å². The van der Waals surface area contributed by atoms with Gasteiger partial charge >= 0.3 is 11.9 Å². The van der Waals surface area contributed by atoms with Gasteiger partial charge in [-0.05, 0) is 43.8 Å². The fraction of sp³-hybridized carbons (Fsp3) is 0.591. The Hall–Kier alpha value is -1.71. The Bertz CT molecular complexity index is 719. The number of rotatable bonds is 12. The lowest BCUT2D eigenvalue weighted by molar-refractivity contribution is -0.149. The van der Waals surface area contributed by atoms with Crippen molar-refractivity contribution in [1.82, 2.24) is 10.2 Å². The molecule has 1 aromatic rings. The van der Waals surface area contributed by atoms with E-state index in [0.29, 0.717) is 24.3 Å². The van der Waals surface area contributed by atoms with Crippen molar-refractivity contribution in [3.05, 3.63) is 35.9 Å². The van der Waals surface area contributed by atoms with Crippen LogP contribution >= 0.6 is 23.5 Å². The number of carboxylic acid groups (broad SMARTS) is 1. The van der Waals surface area contributed by atoms with E-state index in [0.717, 1.165) is 17.7 Å². The maximum atomic E-state index is 13.3. The molecule has 0 spiro atoms. The smallest absolute Gasteiger partial charge is 0.323 e. The van der Waals surface area contributed by atoms with Crippen LogP contribution < -0.4 is 5.32 Å². The van der Waals surface area contributed by atoms with Crippen LogP contribution in [0.5, 0.6) is 0 Å². The third kappa shape index (κ3) is 8.38. The molecule has 7 nitrogen and oxygen atoms in total. The van der Waals surface area contributed by atoms with E-state index in [1.165, 1.54) is 4.90 Å². The van der Waals surface area contributed by atoms with E-state index >= 15 is 0 Å². The Morgan fingerprint density at radius 3 is 2.71 bits per heavy atom. The number of amides is 1. The lowest BCUT2D eigenvalue weighted by atomic mass is 10.0. The summed E-state index contributed by atoms with van der Waals surface area (Å²) >= 11 is 3.30. The van der Waals surface area contributed by atoms with Crippen molar-refractivity contribution in [2.75, 3.05) is 36.7 Å². The molecule has 0 aliphatic carbocycles. The van der Waals surface area contributed by atoms with Crippen molar-refractivity contribution in [2.45, 2.75) is 44.3 Å². The number of benzene rings is 1. The Morgan fingerprint density at radius 2 is 2.06 bits per heavy atom. The van der Waals surface area contributed by atoms with Crippen LogP contribution in [0.1, 0.15) is 25.3 Å². The molecule has 3 atom stereocenters. The number of nitrogens with one attached hydrogen (secondary N) is 1. The molecule has 0 aromatic heterocycles. The first-order valence-electron chi connectivity index (χ1n) is 10.5. The number of hydrogen-bond donors (Lipinski definition) is 2. The maximum Gasteiger partial charge on any atom is 0.323 e. The Morgan fingerprint density at radius 1 is 1.32 bits per heavy atom. The molecule has 3 unspecified atom stereocenters. The molecule has 1 aliphatic heterocycles. The molecule has 1 heterocycles. The van der Waals surface area contributed by atoms with Gasteiger partial charge in [0, 0.05) is 17.5 Å². The molecule has 1 saturated heterocycles. The Kier molecular flexibility index (Phi) is 11.2. The lowest BCUT2D eigenvalue weighted by Gasteiger charge is -2.31. The second kappa shape index (κ2) is 13.6. The summed E-state index contributed by atoms with van der Waals surface area (Å²) in [6.45, 7) is 1.69. The number of carboxylic acids is 1. The van der Waals surface area contributed by atoms with Crippen LogP contribution in [0.15, 0.2) is 30.3 Å². The van der Waals surface area contributed by atoms with Crippen molar-refractivity contribution in [3.8, 4) is 0 Å². The topological polar surface area (TPSA) is 95.9 Å². The van der Waals surface area contributed by atoms with E-state index in [1.807, 2.05) is 36.6 Å². The molecule has 0 bridgehead atoms. The zero-order valence-electron chi connectivity index (χ0n) is 18.1. The highest BCUT2D eigenvalue weighted by Gasteiger charge is 2.36. The number of aliphatic carboxylic acids is 1. The van der Waals surface area contributed by atoms with Crippen LogP contribution in [0.25, 0.3) is 0 Å². The molecular formula is C22H32N2O5S2. The van der Waals surface area contributed by atoms with Crippen molar-refractivity contribution >= 4 is 41.4 Å². The second-order valence-electron chi connectivity index (χ2n) is 7.38. The van der Waals surface area contributed by atoms with Crippen LogP contribution in [0, 0.1) is 0 Å². The van der Waals surface area contributed by atoms with E-state index in [9.17, 15) is 19.5 Å². The lowest BCUT2D eigenvalue weighted by Crippen LogP contribution is -2.55. The van der Waals surface area contributed by atoms with E-state index in [2.05, 4.69) is 5.32 Å². The highest BCUT2D eigenvalue weighted by molar-refractivity contribution is 7.99. The normalized spacial score (nSPS) is 20.2. The van der Waals surface area contributed by atoms with Crippen LogP contribution in [-0.2, 0) is 25.5 Å². The minimum Gasteiger partial charge on any atom is -0.480 e. The second-order valence-corrected chi connectivity index (χ2v) is 9.44. The van der Waals surface area contributed by atoms with Gasteiger partial charge in [-0.3, -0.25) is 19.7 Å². The first-order chi connectivity index (χ1) is 15.0. The standard InChI is InChI=1S/C22H32N2O5S2/c1-3-29-22(28)18(10-9-16-7-5-4-6-8-16)23-19-15-31-14-17(11-12-30-2)24(21(19)27)13-20(25)26/h4-8,17-19,23H,3,9-15H2,1-2H3,(H,25,26). The summed E-state index contributed by atoms with van der Waals surface area (Å²) in [5.74, 6) is 0.364. The van der Waals surface area contributed by atoms with E-state index in [4.69, 9.17) is 4.74 Å². The molecular weight excluding hydrogens is 436 g/mol. The number of esters is 1. The van der Waals surface area contributed by atoms with E-state index < -0.39 is 18.1 Å². The SMILES string of the molecule is CCOC(=O)C(CCc1ccccc1)NC1CSCC(CCSC)N(CC(=O)O)C1=O. The molecule has 0 saturated carbocycles. The van der Waals surface area contributed by atoms with Gasteiger partial charge in [0.05, 0.1) is 12.6 Å². The molecule has 9 heteroatoms. The van der Waals surface area contributed by atoms with Gasteiger partial charge in [-0.1, -0.05) is 30.3 Å². The fourth-order valence-electron chi connectivity index (χ4n) is 3.54. The van der Waals surface area contributed by atoms with Crippen molar-refractivity contribution in [1.29, 1.82) is 0 Å². The van der Waals surface area contributed by atoms with Crippen molar-refractivity contribution < 1.29 is 24.2 Å². The van der Waals surface area contributed by atoms with Gasteiger partial charge in [0.15, 0.2) is 0 Å². The fourth-order valence-corrected chi connectivity index (χ4v) is 5.28. The first kappa shape index (κ1) is 25.5. The molecule has 1 aliphatic rings. The quantitative estimate of drug-likeness (QED) is 0.451. The summed E-state index contributed by atoms with van der Waals surface area (Å²) in [4.78, 5) is 38.7. The summed E-state index contributed by atoms with van der Waals surface area (Å²) in [7, 11) is 0. The predicted molar refractivity (Wildman–Crippen MR) is 126 cm³/mol. The third-order valence-corrected chi connectivity index (χ3v) is 6.95. The predicted octanol–water partition coefficient (Wildman–Crippen LogP) is 2.29. The van der Waals surface area contributed by atoms with Crippen molar-refractivity contribution in [2.24, 2.45) is 0 Å². The summed E-state index contributed by atoms with van der Waals surface area (Å²) < 4.78 is 5.24. The van der Waals surface area contributed by atoms with Crippen LogP contribution in [-0.4, -0.2) is 82.6 Å². The summed E-state index contributed by atoms with van der Waals surface area (Å²) in [6.07, 6.45) is 3.90. The van der Waals surface area contributed by atoms with Gasteiger partial charge in [-0.25, -0.2) is 0 Å². The van der Waals surface area contributed by atoms with E-state index in [1.54, 1.807) is 30.4 Å². The first-order valence-corrected chi connectivity index (χ1v) is 13.1. The minimum atomic E-state index is -1.03. The number of carbonyl (C=O) groups excluding carboxylic acids is 2. The number of aryl methyl sites for hydroxylation is 1. The van der Waals surface area contributed by atoms with Gasteiger partial charge in [0.25, 0.3) is 0 Å². The summed E-state index contributed by atoms with van der Waals surface area (Å²) in [5.41, 5.74) is 1.10. The molecule has 0 radical (unpaired) electrons. The average molecular weight is 469 g/mol. The minimum absolute atomic E-state index is 0.127. The monoisotopic (exact) mass is 468 g/mol. The summed E-state index contributed by atoms with van der Waals surface area (Å²) in [5, 5.41) is 12.6. The molecule has 1 aromatic carbocycles. The van der Waals surface area contributed by atoms with Gasteiger partial charge in [0.2, 0.25) is 5.91 Å². The number of hydrogen-bond acceptors (Lipinski definition) is 7. The van der Waals surface area contributed by atoms with Crippen LogP contribution in [0.3, 0.4) is 0 Å². The van der Waals surface area contributed by atoms with Gasteiger partial charge in [0.1, 0.15) is 12.6 Å². The average Bonchev–Trinajstić information content (AvgIpc) is 2.89. The Labute approximate surface area is 192 Å². The number of ether oxygens (including phenoxy) is 1. The third-order valence-electron chi connectivity index (χ3n) is 5.12. The summed E-state index contributed by atoms with van der Waals surface area (Å²) in [6, 6.07) is 8.45. The van der Waals surface area contributed by atoms with Crippen LogP contribution in [0.2, 0.25) is 0 Å². The van der Waals surface area contributed by atoms with E-state index in [-0.39, 0.29) is 31.1 Å². The van der Waals surface area contributed by atoms with Gasteiger partial charge in [-0.15, -0.1) is 0 Å². The largest absolute Gasteiger partial charge is 0.480 e. The molecule has 1 amide bonds. The zero-order chi connectivity index (χ0) is 22.6. The Balaban J connectivity index is 2.13. The number of thioether (sulfide) groups is 2. The molecule has 1 fully saturated rings. The number of nitrogens with zero attached hydrogens (tertiary/aromatic N) is 1. The van der Waals surface area contributed by atoms with Crippen LogP contribution in [0.4, 0.5) is 0 Å². The highest BCUT2D eigenvalue weighted by Crippen LogP contribution is 2.22. The molecule has 172 valence electrons. The maximum absolute atomic E-state index is 13.3. The molecule has 31 heavy (non-hydrogen) atoms. The molecule has 2 N–H and O–H groups in total.